The molecule has 4 nitrogen and oxygen atoms in total. The van der Waals surface area contributed by atoms with Gasteiger partial charge in [-0.1, -0.05) is 6.92 Å². The van der Waals surface area contributed by atoms with Gasteiger partial charge in [-0.15, -0.1) is 0 Å². The molecule has 0 spiro atoms. The van der Waals surface area contributed by atoms with Gasteiger partial charge in [0.25, 0.3) is 0 Å². The lowest BCUT2D eigenvalue weighted by molar-refractivity contribution is 0.0472. The van der Waals surface area contributed by atoms with Gasteiger partial charge in [0.05, 0.1) is 0 Å². The van der Waals surface area contributed by atoms with Crippen LogP contribution in [0.25, 0.3) is 0 Å². The average Bonchev–Trinajstić information content (AvgIpc) is 2.36. The molecule has 0 aromatic carbocycles. The van der Waals surface area contributed by atoms with Crippen molar-refractivity contribution in [2.24, 2.45) is 0 Å². The predicted octanol–water partition coefficient (Wildman–Crippen LogP) is 0.942. The number of piperazine rings is 1. The second-order valence-electron chi connectivity index (χ2n) is 6.72. The highest BCUT2D eigenvalue weighted by atomic mass is 15.3. The summed E-state index contributed by atoms with van der Waals surface area (Å²) in [7, 11) is 4.32. The summed E-state index contributed by atoms with van der Waals surface area (Å²) in [5, 5.41) is 3.44. The Bertz CT molecular complexity index is 247. The van der Waals surface area contributed by atoms with Gasteiger partial charge in [-0.3, -0.25) is 9.80 Å². The van der Waals surface area contributed by atoms with Crippen molar-refractivity contribution >= 4 is 0 Å². The number of nitrogens with zero attached hydrogens (tertiary/aromatic N) is 3. The molecule has 0 saturated carbocycles. The van der Waals surface area contributed by atoms with E-state index in [1.54, 1.807) is 0 Å². The van der Waals surface area contributed by atoms with Gasteiger partial charge >= 0.3 is 0 Å². The summed E-state index contributed by atoms with van der Waals surface area (Å²) in [6.45, 7) is 17.4. The Kier molecular flexibility index (Phi) is 6.74. The van der Waals surface area contributed by atoms with Crippen molar-refractivity contribution in [1.82, 2.24) is 20.0 Å². The zero-order chi connectivity index (χ0) is 14.5. The van der Waals surface area contributed by atoms with Gasteiger partial charge in [-0.25, -0.2) is 0 Å². The molecule has 1 N–H and O–H groups in total. The van der Waals surface area contributed by atoms with Crippen LogP contribution < -0.4 is 5.32 Å². The maximum absolute atomic E-state index is 3.44. The predicted molar refractivity (Wildman–Crippen MR) is 83.8 cm³/mol. The van der Waals surface area contributed by atoms with Crippen molar-refractivity contribution in [3.05, 3.63) is 0 Å². The SMILES string of the molecule is CCN(CC(C)(C)N1CCNCC1)C(C)CN(C)C. The first-order chi connectivity index (χ1) is 8.86. The Hall–Kier alpha value is -0.160. The summed E-state index contributed by atoms with van der Waals surface area (Å²) in [4.78, 5) is 7.53. The second kappa shape index (κ2) is 7.58. The molecule has 0 aromatic rings. The number of nitrogens with one attached hydrogen (secondary N) is 1. The van der Waals surface area contributed by atoms with Crippen LogP contribution in [0.4, 0.5) is 0 Å². The first-order valence-corrected chi connectivity index (χ1v) is 7.71. The molecule has 1 saturated heterocycles. The number of rotatable bonds is 7. The lowest BCUT2D eigenvalue weighted by atomic mass is 9.99. The smallest absolute Gasteiger partial charge is 0.0281 e. The Balaban J connectivity index is 2.56. The van der Waals surface area contributed by atoms with Gasteiger partial charge in [0.1, 0.15) is 0 Å². The van der Waals surface area contributed by atoms with Crippen LogP contribution in [0.2, 0.25) is 0 Å². The van der Waals surface area contributed by atoms with E-state index in [0.29, 0.717) is 6.04 Å². The molecule has 0 aliphatic carbocycles. The van der Waals surface area contributed by atoms with E-state index in [1.807, 2.05) is 0 Å². The van der Waals surface area contributed by atoms with Crippen LogP contribution in [0.3, 0.4) is 0 Å². The van der Waals surface area contributed by atoms with Crippen LogP contribution in [0.1, 0.15) is 27.7 Å². The van der Waals surface area contributed by atoms with E-state index >= 15 is 0 Å². The van der Waals surface area contributed by atoms with Crippen molar-refractivity contribution in [2.45, 2.75) is 39.3 Å². The van der Waals surface area contributed by atoms with Gasteiger partial charge < -0.3 is 10.2 Å². The van der Waals surface area contributed by atoms with Gasteiger partial charge in [0.15, 0.2) is 0 Å². The van der Waals surface area contributed by atoms with Crippen LogP contribution in [-0.4, -0.2) is 86.2 Å². The molecule has 0 bridgehead atoms. The fourth-order valence-corrected chi connectivity index (χ4v) is 3.09. The normalized spacial score (nSPS) is 20.2. The highest BCUT2D eigenvalue weighted by Gasteiger charge is 2.30. The molecule has 1 heterocycles. The highest BCUT2D eigenvalue weighted by molar-refractivity contribution is 4.88. The fraction of sp³-hybridized carbons (Fsp3) is 1.00. The molecule has 1 fully saturated rings. The lowest BCUT2D eigenvalue weighted by Gasteiger charge is -2.45. The number of hydrogen-bond donors (Lipinski definition) is 1. The van der Waals surface area contributed by atoms with Gasteiger partial charge in [0, 0.05) is 50.8 Å². The van der Waals surface area contributed by atoms with E-state index < -0.39 is 0 Å². The number of likely N-dealkylation sites (N-methyl/N-ethyl adjacent to an activating group) is 2. The first-order valence-electron chi connectivity index (χ1n) is 7.71. The zero-order valence-corrected chi connectivity index (χ0v) is 13.9. The van der Waals surface area contributed by atoms with E-state index in [-0.39, 0.29) is 5.54 Å². The Morgan fingerprint density at radius 1 is 1.21 bits per heavy atom. The second-order valence-corrected chi connectivity index (χ2v) is 6.72. The highest BCUT2D eigenvalue weighted by Crippen LogP contribution is 2.18. The summed E-state index contributed by atoms with van der Waals surface area (Å²) in [6, 6.07) is 0.613. The molecule has 19 heavy (non-hydrogen) atoms. The van der Waals surface area contributed by atoms with E-state index in [2.05, 4.69) is 61.8 Å². The molecule has 4 heteroatoms. The molecule has 1 rings (SSSR count). The Labute approximate surface area is 120 Å². The van der Waals surface area contributed by atoms with Crippen molar-refractivity contribution in [3.63, 3.8) is 0 Å². The van der Waals surface area contributed by atoms with E-state index in [0.717, 1.165) is 32.7 Å². The van der Waals surface area contributed by atoms with Crippen LogP contribution in [0.15, 0.2) is 0 Å². The largest absolute Gasteiger partial charge is 0.314 e. The molecule has 1 unspecified atom stereocenters. The van der Waals surface area contributed by atoms with Crippen LogP contribution >= 0.6 is 0 Å². The molecule has 1 atom stereocenters. The third-order valence-electron chi connectivity index (χ3n) is 4.22. The molecule has 0 aromatic heterocycles. The summed E-state index contributed by atoms with van der Waals surface area (Å²) >= 11 is 0. The Morgan fingerprint density at radius 3 is 2.26 bits per heavy atom. The van der Waals surface area contributed by atoms with Crippen molar-refractivity contribution < 1.29 is 0 Å². The summed E-state index contributed by atoms with van der Waals surface area (Å²) in [6.07, 6.45) is 0. The molecule has 1 aliphatic rings. The third kappa shape index (κ3) is 5.38. The summed E-state index contributed by atoms with van der Waals surface area (Å²) < 4.78 is 0. The van der Waals surface area contributed by atoms with E-state index in [1.165, 1.54) is 13.1 Å². The number of hydrogen-bond acceptors (Lipinski definition) is 4. The van der Waals surface area contributed by atoms with Crippen LogP contribution in [0, 0.1) is 0 Å². The van der Waals surface area contributed by atoms with Gasteiger partial charge in [-0.05, 0) is 41.4 Å². The minimum atomic E-state index is 0.263. The fourth-order valence-electron chi connectivity index (χ4n) is 3.09. The minimum Gasteiger partial charge on any atom is -0.314 e. The molecule has 1 aliphatic heterocycles. The van der Waals surface area contributed by atoms with Crippen molar-refractivity contribution in [3.8, 4) is 0 Å². The zero-order valence-electron chi connectivity index (χ0n) is 13.9. The molecular weight excluding hydrogens is 236 g/mol. The quantitative estimate of drug-likeness (QED) is 0.743. The van der Waals surface area contributed by atoms with Crippen LogP contribution in [0.5, 0.6) is 0 Å². The third-order valence-corrected chi connectivity index (χ3v) is 4.22. The van der Waals surface area contributed by atoms with E-state index in [4.69, 9.17) is 0 Å². The molecule has 0 amide bonds. The maximum Gasteiger partial charge on any atom is 0.0281 e. The molecule has 0 radical (unpaired) electrons. The topological polar surface area (TPSA) is 21.8 Å². The standard InChI is InChI=1S/C15H34N4/c1-7-18(14(2)12-17(5)6)13-15(3,4)19-10-8-16-9-11-19/h14,16H,7-13H2,1-6H3. The minimum absolute atomic E-state index is 0.263. The monoisotopic (exact) mass is 270 g/mol. The van der Waals surface area contributed by atoms with E-state index in [9.17, 15) is 0 Å². The maximum atomic E-state index is 3.44. The van der Waals surface area contributed by atoms with Gasteiger partial charge in [0.2, 0.25) is 0 Å². The van der Waals surface area contributed by atoms with Crippen molar-refractivity contribution in [2.75, 3.05) is 59.9 Å². The van der Waals surface area contributed by atoms with Gasteiger partial charge in [-0.2, -0.15) is 0 Å². The summed E-state index contributed by atoms with van der Waals surface area (Å²) in [5.41, 5.74) is 0.263. The van der Waals surface area contributed by atoms with Crippen LogP contribution in [-0.2, 0) is 0 Å². The van der Waals surface area contributed by atoms with Crippen molar-refractivity contribution in [1.29, 1.82) is 0 Å². The molecular formula is C15H34N4. The Morgan fingerprint density at radius 2 is 1.79 bits per heavy atom. The molecule has 114 valence electrons. The summed E-state index contributed by atoms with van der Waals surface area (Å²) in [5.74, 6) is 0. The lowest BCUT2D eigenvalue weighted by Crippen LogP contribution is -2.59. The average molecular weight is 270 g/mol. The first kappa shape index (κ1) is 16.9.